The average molecular weight is 155 g/mol. The summed E-state index contributed by atoms with van der Waals surface area (Å²) < 4.78 is 14.8. The van der Waals surface area contributed by atoms with Gasteiger partial charge in [0.1, 0.15) is 0 Å². The highest BCUT2D eigenvalue weighted by atomic mass is 32.1. The number of rotatable bonds is 0. The van der Waals surface area contributed by atoms with E-state index in [1.165, 1.54) is 0 Å². The molecule has 0 atom stereocenters. The summed E-state index contributed by atoms with van der Waals surface area (Å²) in [7, 11) is 0. The molecule has 0 unspecified atom stereocenters. The van der Waals surface area contributed by atoms with E-state index in [1.54, 1.807) is 6.20 Å². The van der Waals surface area contributed by atoms with Crippen LogP contribution >= 0.6 is 11.9 Å². The molecule has 4 nitrogen and oxygen atoms in total. The lowest BCUT2D eigenvalue weighted by atomic mass is 10.2. The zero-order valence-corrected chi connectivity index (χ0v) is 5.47. The third kappa shape index (κ3) is 0.315. The fourth-order valence-corrected chi connectivity index (χ4v) is 1.46. The minimum atomic E-state index is 0.678. The van der Waals surface area contributed by atoms with Gasteiger partial charge in [-0.05, 0) is 0 Å². The summed E-state index contributed by atoms with van der Waals surface area (Å²) in [5.74, 6) is 0. The second-order valence-electron chi connectivity index (χ2n) is 1.96. The molecule has 1 aromatic heterocycles. The van der Waals surface area contributed by atoms with Crippen molar-refractivity contribution in [2.24, 2.45) is 0 Å². The van der Waals surface area contributed by atoms with E-state index in [0.29, 0.717) is 11.0 Å². The van der Waals surface area contributed by atoms with E-state index in [2.05, 4.69) is 5.16 Å². The second kappa shape index (κ2) is 1.27. The number of aromatic nitrogens is 1. The molecule has 5 heteroatoms. The molecule has 0 bridgehead atoms. The fraction of sp³-hybridized carbons (Fsp3) is 0. The van der Waals surface area contributed by atoms with Gasteiger partial charge in [-0.15, -0.1) is 0 Å². The Balaban J connectivity index is 2.85. The highest BCUT2D eigenvalue weighted by Crippen LogP contribution is 2.25. The molecule has 50 valence electrons. The first-order chi connectivity index (χ1) is 4.97. The van der Waals surface area contributed by atoms with Crippen molar-refractivity contribution >= 4 is 22.9 Å². The molecule has 10 heavy (non-hydrogen) atoms. The van der Waals surface area contributed by atoms with Crippen molar-refractivity contribution in [3.63, 3.8) is 0 Å². The van der Waals surface area contributed by atoms with Crippen LogP contribution in [0.5, 0.6) is 0 Å². The quantitative estimate of drug-likeness (QED) is 0.496. The van der Waals surface area contributed by atoms with Crippen molar-refractivity contribution in [2.75, 3.05) is 0 Å². The molecule has 2 heterocycles. The fourth-order valence-electron chi connectivity index (χ4n) is 0.971. The van der Waals surface area contributed by atoms with Crippen LogP contribution in [0.2, 0.25) is 0 Å². The van der Waals surface area contributed by atoms with Crippen LogP contribution in [0.25, 0.3) is 11.0 Å². The summed E-state index contributed by atoms with van der Waals surface area (Å²) in [5, 5.41) is 4.48. The van der Waals surface area contributed by atoms with Crippen molar-refractivity contribution in [1.82, 2.24) is 5.16 Å². The minimum Gasteiger partial charge on any atom is -0.368 e. The van der Waals surface area contributed by atoms with Gasteiger partial charge in [-0.2, -0.15) is 0 Å². The molecule has 0 amide bonds. The largest absolute Gasteiger partial charge is 0.368 e. The van der Waals surface area contributed by atoms with Gasteiger partial charge in [0, 0.05) is 0 Å². The Labute approximate surface area is 58.1 Å². The van der Waals surface area contributed by atoms with Crippen LogP contribution in [-0.2, 0) is 0 Å². The molecule has 1 aromatic rings. The van der Waals surface area contributed by atoms with Crippen molar-refractivity contribution in [3.05, 3.63) is 17.0 Å². The lowest BCUT2D eigenvalue weighted by molar-refractivity contribution is 0.445. The highest BCUT2D eigenvalue weighted by molar-refractivity contribution is 6.93. The number of hydrogen-bond donors (Lipinski definition) is 0. The van der Waals surface area contributed by atoms with Crippen LogP contribution in [0.15, 0.2) is 18.4 Å². The molecular weight excluding hydrogens is 154 g/mol. The third-order valence-corrected chi connectivity index (χ3v) is 1.93. The predicted octanol–water partition coefficient (Wildman–Crippen LogP) is 1.80. The second-order valence-corrected chi connectivity index (χ2v) is 2.43. The van der Waals surface area contributed by atoms with Gasteiger partial charge in [0.25, 0.3) is 0 Å². The van der Waals surface area contributed by atoms with Crippen molar-refractivity contribution in [3.8, 4) is 0 Å². The normalized spacial score (nSPS) is 12.0. The monoisotopic (exact) mass is 155 g/mol. The number of fused-ring (bicyclic) bond motifs is 3. The molecular formula is C5HNO3S. The van der Waals surface area contributed by atoms with Gasteiger partial charge in [-0.3, -0.25) is 0 Å². The zero-order valence-electron chi connectivity index (χ0n) is 4.66. The lowest BCUT2D eigenvalue weighted by Gasteiger charge is -1.82. The van der Waals surface area contributed by atoms with E-state index in [0.717, 1.165) is 22.7 Å². The van der Waals surface area contributed by atoms with E-state index in [4.69, 9.17) is 12.2 Å². The molecule has 1 aliphatic carbocycles. The van der Waals surface area contributed by atoms with Gasteiger partial charge in [-0.25, -0.2) is 0 Å². The molecule has 0 saturated carbocycles. The number of nitrogens with zero attached hydrogens (tertiary/aromatic N) is 1. The van der Waals surface area contributed by atoms with E-state index in [9.17, 15) is 0 Å². The third-order valence-electron chi connectivity index (χ3n) is 1.46. The molecule has 3 rings (SSSR count). The molecule has 0 aromatic carbocycles. The van der Waals surface area contributed by atoms with Crippen LogP contribution in [0.3, 0.4) is 0 Å². The Kier molecular flexibility index (Phi) is 0.578. The first-order valence-electron chi connectivity index (χ1n) is 2.68. The van der Waals surface area contributed by atoms with Gasteiger partial charge < -0.3 is 12.2 Å². The maximum atomic E-state index is 5.01. The standard InChI is InChI=1S/C5HNO3S/c1-2-3(7-6-1)5-4(2)8-10-9-5/h1H. The highest BCUT2D eigenvalue weighted by Gasteiger charge is 2.16. The van der Waals surface area contributed by atoms with E-state index in [1.807, 2.05) is 0 Å². The van der Waals surface area contributed by atoms with Crippen LogP contribution < -0.4 is 0 Å². The zero-order chi connectivity index (χ0) is 6.55. The van der Waals surface area contributed by atoms with E-state index < -0.39 is 0 Å². The summed E-state index contributed by atoms with van der Waals surface area (Å²) in [6.07, 6.45) is 1.61. The Hall–Kier alpha value is -1.23. The summed E-state index contributed by atoms with van der Waals surface area (Å²) in [6, 6.07) is 0. The van der Waals surface area contributed by atoms with E-state index >= 15 is 0 Å². The summed E-state index contributed by atoms with van der Waals surface area (Å²) in [4.78, 5) is 0. The van der Waals surface area contributed by atoms with E-state index in [-0.39, 0.29) is 0 Å². The first-order valence-corrected chi connectivity index (χ1v) is 3.34. The Morgan fingerprint density at radius 1 is 1.30 bits per heavy atom. The molecule has 0 fully saturated rings. The van der Waals surface area contributed by atoms with Crippen LogP contribution in [0.4, 0.5) is 0 Å². The number of hydrogen-bond acceptors (Lipinski definition) is 5. The molecule has 0 radical (unpaired) electrons. The maximum Gasteiger partial charge on any atom is 0.242 e. The summed E-state index contributed by atoms with van der Waals surface area (Å²) in [6.45, 7) is 0. The van der Waals surface area contributed by atoms with Gasteiger partial charge in [0.05, 0.1) is 11.6 Å². The lowest BCUT2D eigenvalue weighted by Crippen LogP contribution is -1.74. The minimum absolute atomic E-state index is 0.678. The van der Waals surface area contributed by atoms with Crippen molar-refractivity contribution < 1.29 is 12.2 Å². The van der Waals surface area contributed by atoms with Gasteiger partial charge in [-0.1, -0.05) is 5.16 Å². The van der Waals surface area contributed by atoms with Crippen LogP contribution in [-0.4, -0.2) is 5.16 Å². The van der Waals surface area contributed by atoms with Crippen LogP contribution in [0.1, 0.15) is 0 Å². The Bertz CT molecular complexity index is 469. The first kappa shape index (κ1) is 4.56. The summed E-state index contributed by atoms with van der Waals surface area (Å²) >= 11 is 0.952. The van der Waals surface area contributed by atoms with Gasteiger partial charge >= 0.3 is 0 Å². The molecule has 0 spiro atoms. The van der Waals surface area contributed by atoms with Crippen molar-refractivity contribution in [1.29, 1.82) is 0 Å². The molecule has 0 N–H and O–H groups in total. The smallest absolute Gasteiger partial charge is 0.242 e. The van der Waals surface area contributed by atoms with Gasteiger partial charge in [0.2, 0.25) is 28.3 Å². The van der Waals surface area contributed by atoms with Crippen LogP contribution in [0, 0.1) is 10.8 Å². The maximum absolute atomic E-state index is 5.01. The van der Waals surface area contributed by atoms with Gasteiger partial charge in [0.15, 0.2) is 0 Å². The molecule has 0 saturated heterocycles. The Morgan fingerprint density at radius 2 is 2.20 bits per heavy atom. The SMILES string of the molecule is c1noc2c3osoc=3c12. The average Bonchev–Trinajstić information content (AvgIpc) is 2.42. The molecule has 2 aliphatic rings. The Morgan fingerprint density at radius 3 is 3.20 bits per heavy atom. The van der Waals surface area contributed by atoms with Crippen molar-refractivity contribution in [2.45, 2.75) is 0 Å². The topological polar surface area (TPSA) is 52.3 Å². The summed E-state index contributed by atoms with van der Waals surface area (Å²) in [5.41, 5.74) is 2.12. The predicted molar refractivity (Wildman–Crippen MR) is 31.7 cm³/mol. The molecule has 1 aliphatic heterocycles.